The summed E-state index contributed by atoms with van der Waals surface area (Å²) in [4.78, 5) is 8.17. The normalized spacial score (nSPS) is 10.1. The predicted molar refractivity (Wildman–Crippen MR) is 65.4 cm³/mol. The van der Waals surface area contributed by atoms with Crippen molar-refractivity contribution in [3.63, 3.8) is 0 Å². The van der Waals surface area contributed by atoms with Crippen LogP contribution in [0.1, 0.15) is 5.69 Å². The first-order chi connectivity index (χ1) is 7.66. The van der Waals surface area contributed by atoms with Crippen LogP contribution in [0.4, 0.5) is 5.69 Å². The molecule has 2 rings (SSSR count). The molecule has 0 aliphatic carbocycles. The lowest BCUT2D eigenvalue weighted by Gasteiger charge is -2.08. The zero-order valence-electron chi connectivity index (χ0n) is 8.64. The Morgan fingerprint density at radius 3 is 2.69 bits per heavy atom. The molecule has 0 atom stereocenters. The molecule has 0 saturated carbocycles. The van der Waals surface area contributed by atoms with Crippen LogP contribution >= 0.6 is 15.9 Å². The van der Waals surface area contributed by atoms with Crippen molar-refractivity contribution in [2.75, 3.05) is 5.73 Å². The van der Waals surface area contributed by atoms with Gasteiger partial charge in [-0.2, -0.15) is 0 Å². The van der Waals surface area contributed by atoms with Crippen molar-refractivity contribution in [1.29, 1.82) is 0 Å². The van der Waals surface area contributed by atoms with E-state index < -0.39 is 0 Å². The van der Waals surface area contributed by atoms with Crippen LogP contribution in [0.15, 0.2) is 35.1 Å². The lowest BCUT2D eigenvalue weighted by molar-refractivity contribution is 0.457. The van der Waals surface area contributed by atoms with Crippen LogP contribution in [0.25, 0.3) is 0 Å². The minimum Gasteiger partial charge on any atom is -0.435 e. The molecule has 0 spiro atoms. The molecular formula is C11H10BrN3O. The van der Waals surface area contributed by atoms with Crippen LogP contribution in [0.2, 0.25) is 0 Å². The highest BCUT2D eigenvalue weighted by molar-refractivity contribution is 9.10. The smallest absolute Gasteiger partial charge is 0.240 e. The molecule has 16 heavy (non-hydrogen) atoms. The first kappa shape index (κ1) is 10.9. The molecule has 0 amide bonds. The highest BCUT2D eigenvalue weighted by Gasteiger charge is 2.06. The topological polar surface area (TPSA) is 61.0 Å². The molecule has 0 radical (unpaired) electrons. The van der Waals surface area contributed by atoms with Crippen molar-refractivity contribution in [3.05, 3.63) is 40.8 Å². The van der Waals surface area contributed by atoms with Crippen LogP contribution in [-0.4, -0.2) is 9.97 Å². The Hall–Kier alpha value is -1.62. The summed E-state index contributed by atoms with van der Waals surface area (Å²) < 4.78 is 6.49. The number of nitrogen functional groups attached to an aromatic ring is 1. The maximum absolute atomic E-state index is 5.82. The van der Waals surface area contributed by atoms with Crippen molar-refractivity contribution >= 4 is 21.6 Å². The SMILES string of the molecule is Cc1nccnc1Oc1ccc(Br)cc1N. The van der Waals surface area contributed by atoms with Gasteiger partial charge < -0.3 is 10.5 Å². The van der Waals surface area contributed by atoms with E-state index in [9.17, 15) is 0 Å². The fourth-order valence-electron chi connectivity index (χ4n) is 1.21. The van der Waals surface area contributed by atoms with Gasteiger partial charge in [-0.25, -0.2) is 4.98 Å². The molecule has 1 aromatic heterocycles. The molecular weight excluding hydrogens is 270 g/mol. The van der Waals surface area contributed by atoms with Gasteiger partial charge in [-0.1, -0.05) is 15.9 Å². The Morgan fingerprint density at radius 1 is 1.25 bits per heavy atom. The van der Waals surface area contributed by atoms with Gasteiger partial charge in [0.05, 0.1) is 11.4 Å². The minimum atomic E-state index is 0.469. The van der Waals surface area contributed by atoms with Crippen LogP contribution < -0.4 is 10.5 Å². The second-order valence-corrected chi connectivity index (χ2v) is 4.15. The minimum absolute atomic E-state index is 0.469. The van der Waals surface area contributed by atoms with E-state index in [1.807, 2.05) is 13.0 Å². The van der Waals surface area contributed by atoms with Crippen molar-refractivity contribution in [1.82, 2.24) is 9.97 Å². The largest absolute Gasteiger partial charge is 0.435 e. The fraction of sp³-hybridized carbons (Fsp3) is 0.0909. The predicted octanol–water partition coefficient (Wildman–Crippen LogP) is 2.92. The number of hydrogen-bond donors (Lipinski definition) is 1. The van der Waals surface area contributed by atoms with Gasteiger partial charge in [-0.15, -0.1) is 0 Å². The van der Waals surface area contributed by atoms with E-state index in [0.29, 0.717) is 17.3 Å². The van der Waals surface area contributed by atoms with Gasteiger partial charge in [0, 0.05) is 16.9 Å². The first-order valence-corrected chi connectivity index (χ1v) is 5.46. The summed E-state index contributed by atoms with van der Waals surface area (Å²) in [6.07, 6.45) is 3.20. The van der Waals surface area contributed by atoms with Gasteiger partial charge in [0.15, 0.2) is 5.75 Å². The van der Waals surface area contributed by atoms with Gasteiger partial charge in [0.1, 0.15) is 0 Å². The Bertz CT molecular complexity index is 516. The fourth-order valence-corrected chi connectivity index (χ4v) is 1.59. The summed E-state index contributed by atoms with van der Waals surface area (Å²) in [5.41, 5.74) is 7.10. The van der Waals surface area contributed by atoms with E-state index >= 15 is 0 Å². The van der Waals surface area contributed by atoms with E-state index in [4.69, 9.17) is 10.5 Å². The van der Waals surface area contributed by atoms with Crippen LogP contribution in [-0.2, 0) is 0 Å². The number of nitrogens with two attached hydrogens (primary N) is 1. The number of aryl methyl sites for hydroxylation is 1. The summed E-state index contributed by atoms with van der Waals surface area (Å²) in [6, 6.07) is 5.42. The molecule has 1 aromatic carbocycles. The van der Waals surface area contributed by atoms with E-state index in [0.717, 1.165) is 10.2 Å². The molecule has 0 fully saturated rings. The lowest BCUT2D eigenvalue weighted by Crippen LogP contribution is -1.96. The van der Waals surface area contributed by atoms with Crippen molar-refractivity contribution in [2.45, 2.75) is 6.92 Å². The van der Waals surface area contributed by atoms with E-state index in [2.05, 4.69) is 25.9 Å². The molecule has 0 aliphatic rings. The van der Waals surface area contributed by atoms with Crippen molar-refractivity contribution in [3.8, 4) is 11.6 Å². The van der Waals surface area contributed by atoms with E-state index in [1.165, 1.54) is 0 Å². The average molecular weight is 280 g/mol. The standard InChI is InChI=1S/C11H10BrN3O/c1-7-11(15-5-4-14-7)16-10-3-2-8(12)6-9(10)13/h2-6H,13H2,1H3. The third kappa shape index (κ3) is 2.30. The maximum Gasteiger partial charge on any atom is 0.240 e. The maximum atomic E-state index is 5.82. The van der Waals surface area contributed by atoms with Crippen molar-refractivity contribution in [2.24, 2.45) is 0 Å². The molecule has 0 aliphatic heterocycles. The molecule has 5 heteroatoms. The van der Waals surface area contributed by atoms with E-state index in [1.54, 1.807) is 24.5 Å². The van der Waals surface area contributed by atoms with Gasteiger partial charge in [0.2, 0.25) is 5.88 Å². The average Bonchev–Trinajstić information content (AvgIpc) is 2.25. The molecule has 2 aromatic rings. The zero-order chi connectivity index (χ0) is 11.5. The third-order valence-corrected chi connectivity index (χ3v) is 2.51. The number of halogens is 1. The second kappa shape index (κ2) is 4.49. The summed E-state index contributed by atoms with van der Waals surface area (Å²) >= 11 is 3.33. The third-order valence-electron chi connectivity index (χ3n) is 2.01. The molecule has 2 N–H and O–H groups in total. The highest BCUT2D eigenvalue weighted by Crippen LogP contribution is 2.29. The number of aromatic nitrogens is 2. The lowest BCUT2D eigenvalue weighted by atomic mass is 10.3. The molecule has 0 saturated heterocycles. The Kier molecular flexibility index (Phi) is 3.05. The summed E-state index contributed by atoms with van der Waals surface area (Å²) in [7, 11) is 0. The van der Waals surface area contributed by atoms with Crippen LogP contribution in [0.3, 0.4) is 0 Å². The Balaban J connectivity index is 2.31. The molecule has 1 heterocycles. The molecule has 0 bridgehead atoms. The van der Waals surface area contributed by atoms with Gasteiger partial charge >= 0.3 is 0 Å². The van der Waals surface area contributed by atoms with Crippen LogP contribution in [0.5, 0.6) is 11.6 Å². The Morgan fingerprint density at radius 2 is 2.00 bits per heavy atom. The van der Waals surface area contributed by atoms with Crippen molar-refractivity contribution < 1.29 is 4.74 Å². The number of anilines is 1. The van der Waals surface area contributed by atoms with Gasteiger partial charge in [0.25, 0.3) is 0 Å². The number of rotatable bonds is 2. The number of nitrogens with zero attached hydrogens (tertiary/aromatic N) is 2. The number of hydrogen-bond acceptors (Lipinski definition) is 4. The second-order valence-electron chi connectivity index (χ2n) is 3.23. The zero-order valence-corrected chi connectivity index (χ0v) is 10.2. The quantitative estimate of drug-likeness (QED) is 0.859. The monoisotopic (exact) mass is 279 g/mol. The Labute approximate surface area is 102 Å². The van der Waals surface area contributed by atoms with Gasteiger partial charge in [-0.05, 0) is 25.1 Å². The molecule has 82 valence electrons. The highest BCUT2D eigenvalue weighted by atomic mass is 79.9. The number of ether oxygens (including phenoxy) is 1. The van der Waals surface area contributed by atoms with Crippen LogP contribution in [0, 0.1) is 6.92 Å². The summed E-state index contributed by atoms with van der Waals surface area (Å²) in [6.45, 7) is 1.83. The molecule has 4 nitrogen and oxygen atoms in total. The van der Waals surface area contributed by atoms with E-state index in [-0.39, 0.29) is 0 Å². The molecule has 0 unspecified atom stereocenters. The first-order valence-electron chi connectivity index (χ1n) is 4.67. The summed E-state index contributed by atoms with van der Waals surface area (Å²) in [5, 5.41) is 0. The number of benzene rings is 1. The summed E-state index contributed by atoms with van der Waals surface area (Å²) in [5.74, 6) is 1.04. The van der Waals surface area contributed by atoms with Gasteiger partial charge in [-0.3, -0.25) is 4.98 Å².